The lowest BCUT2D eigenvalue weighted by atomic mass is 10.2. The molecule has 2 heterocycles. The van der Waals surface area contributed by atoms with Gasteiger partial charge in [0.1, 0.15) is 5.82 Å². The molecule has 9 heteroatoms. The molecule has 0 saturated heterocycles. The largest absolute Gasteiger partial charge is 0.390 e. The molecule has 26 heavy (non-hydrogen) atoms. The van der Waals surface area contributed by atoms with Gasteiger partial charge in [0.15, 0.2) is 5.69 Å². The molecule has 0 aliphatic carbocycles. The van der Waals surface area contributed by atoms with Gasteiger partial charge in [-0.1, -0.05) is 0 Å². The summed E-state index contributed by atoms with van der Waals surface area (Å²) >= 11 is 1.22. The molecule has 0 unspecified atom stereocenters. The zero-order valence-electron chi connectivity index (χ0n) is 13.7. The second-order valence-corrected chi connectivity index (χ2v) is 6.12. The Hall–Kier alpha value is -3.33. The summed E-state index contributed by atoms with van der Waals surface area (Å²) in [5.41, 5.74) is 1.36. The summed E-state index contributed by atoms with van der Waals surface area (Å²) in [6, 6.07) is 6.83. The maximum Gasteiger partial charge on any atom is 0.390 e. The number of aromatic nitrogens is 3. The van der Waals surface area contributed by atoms with E-state index in [0.717, 1.165) is 4.58 Å². The number of nitrogens with zero attached hydrogens (tertiary/aromatic N) is 3. The van der Waals surface area contributed by atoms with E-state index >= 15 is 0 Å². The third-order valence-corrected chi connectivity index (χ3v) is 4.20. The number of amides is 2. The normalized spacial score (nSPS) is 10.4. The average Bonchev–Trinajstić information content (AvgIpc) is 3.11. The second-order valence-electron chi connectivity index (χ2n) is 5.28. The van der Waals surface area contributed by atoms with Gasteiger partial charge in [-0.25, -0.2) is 19.5 Å². The van der Waals surface area contributed by atoms with Crippen LogP contribution in [0.5, 0.6) is 0 Å². The minimum atomic E-state index is -0.421. The zero-order chi connectivity index (χ0) is 18.7. The van der Waals surface area contributed by atoms with E-state index in [0.29, 0.717) is 27.9 Å². The highest BCUT2D eigenvalue weighted by Gasteiger charge is 2.24. The number of anilines is 1. The Morgan fingerprint density at radius 1 is 1.27 bits per heavy atom. The topological polar surface area (TPSA) is 89.1 Å². The van der Waals surface area contributed by atoms with E-state index in [1.165, 1.54) is 48.9 Å². The monoisotopic (exact) mass is 371 g/mol. The van der Waals surface area contributed by atoms with Gasteiger partial charge < -0.3 is 0 Å². The summed E-state index contributed by atoms with van der Waals surface area (Å²) in [7, 11) is 0. The fourth-order valence-corrected chi connectivity index (χ4v) is 2.88. The van der Waals surface area contributed by atoms with Crippen molar-refractivity contribution in [2.75, 3.05) is 5.32 Å². The van der Waals surface area contributed by atoms with Crippen molar-refractivity contribution in [2.24, 2.45) is 0 Å². The number of carbonyl (C=O) groups is 2. The van der Waals surface area contributed by atoms with Gasteiger partial charge in [-0.15, -0.1) is 4.98 Å². The number of halogens is 1. The Labute approximate surface area is 151 Å². The molecule has 2 N–H and O–H groups in total. The molecule has 0 saturated carbocycles. The molecular weight excluding hydrogens is 357 g/mol. The minimum Gasteiger partial charge on any atom is -0.257 e. The molecule has 0 spiro atoms. The summed E-state index contributed by atoms with van der Waals surface area (Å²) in [5.74, 6) is -0.563. The van der Waals surface area contributed by atoms with E-state index in [4.69, 9.17) is 0 Å². The molecule has 0 aliphatic rings. The van der Waals surface area contributed by atoms with Crippen molar-refractivity contribution in [3.05, 3.63) is 53.4 Å². The standard InChI is InChI=1S/C17H12FN5O2S/c1-10(24)21-15-7-13(19-9-20-15)14-8-26-17(22-14)23(2)16(25)11-3-5-12(18)6-4-11/h3-9H,2H2,1H3/p+2. The first-order valence-electron chi connectivity index (χ1n) is 7.46. The van der Waals surface area contributed by atoms with Gasteiger partial charge in [0.2, 0.25) is 17.8 Å². The highest BCUT2D eigenvalue weighted by molar-refractivity contribution is 7.13. The lowest BCUT2D eigenvalue weighted by Gasteiger charge is -1.98. The number of hydrogen-bond acceptors (Lipinski definition) is 5. The number of nitrogens with one attached hydrogen (secondary N) is 2. The van der Waals surface area contributed by atoms with Crippen LogP contribution in [0.2, 0.25) is 0 Å². The number of hydrogen-bond donors (Lipinski definition) is 1. The SMILES string of the molecule is C=[N+](C(=O)c1ccc(F)cc1)c1nc(-c2cc(NC(C)=O)[nH+]cn2)cs1. The number of rotatable bonds is 4. The van der Waals surface area contributed by atoms with E-state index < -0.39 is 11.7 Å². The fraction of sp³-hybridized carbons (Fsp3) is 0.0588. The van der Waals surface area contributed by atoms with Gasteiger partial charge in [0.05, 0.1) is 23.7 Å². The van der Waals surface area contributed by atoms with E-state index in [9.17, 15) is 14.0 Å². The third-order valence-electron chi connectivity index (χ3n) is 3.34. The molecule has 1 aromatic carbocycles. The first-order chi connectivity index (χ1) is 12.4. The van der Waals surface area contributed by atoms with Crippen LogP contribution in [-0.4, -0.2) is 33.1 Å². The summed E-state index contributed by atoms with van der Waals surface area (Å²) in [6.07, 6.45) is 1.44. The molecule has 3 rings (SSSR count). The Bertz CT molecular complexity index is 1000. The van der Waals surface area contributed by atoms with Crippen LogP contribution in [0.1, 0.15) is 17.3 Å². The lowest BCUT2D eigenvalue weighted by molar-refractivity contribution is -0.365. The number of benzene rings is 1. The van der Waals surface area contributed by atoms with Crippen LogP contribution < -0.4 is 10.3 Å². The Balaban J connectivity index is 1.83. The molecule has 2 aromatic heterocycles. The third kappa shape index (κ3) is 3.83. The number of H-pyrrole nitrogens is 1. The van der Waals surface area contributed by atoms with Gasteiger partial charge in [-0.05, 0) is 40.6 Å². The molecule has 0 radical (unpaired) electrons. The Morgan fingerprint density at radius 2 is 2.00 bits per heavy atom. The number of thiazole rings is 1. The Kier molecular flexibility index (Phi) is 4.90. The van der Waals surface area contributed by atoms with Crippen LogP contribution in [0.25, 0.3) is 11.4 Å². The van der Waals surface area contributed by atoms with Crippen LogP contribution in [0, 0.1) is 5.82 Å². The van der Waals surface area contributed by atoms with Crippen LogP contribution >= 0.6 is 11.3 Å². The zero-order valence-corrected chi connectivity index (χ0v) is 14.5. The first-order valence-corrected chi connectivity index (χ1v) is 8.34. The van der Waals surface area contributed by atoms with E-state index in [-0.39, 0.29) is 5.91 Å². The molecule has 2 amide bonds. The molecule has 7 nitrogen and oxygen atoms in total. The van der Waals surface area contributed by atoms with Crippen LogP contribution in [0.4, 0.5) is 15.3 Å². The highest BCUT2D eigenvalue weighted by Crippen LogP contribution is 2.26. The van der Waals surface area contributed by atoms with Crippen LogP contribution in [0.3, 0.4) is 0 Å². The predicted octanol–water partition coefficient (Wildman–Crippen LogP) is 2.30. The number of carbonyl (C=O) groups excluding carboxylic acids is 2. The van der Waals surface area contributed by atoms with Crippen molar-refractivity contribution in [3.63, 3.8) is 0 Å². The highest BCUT2D eigenvalue weighted by atomic mass is 32.1. The summed E-state index contributed by atoms with van der Waals surface area (Å²) in [5, 5.41) is 4.72. The minimum absolute atomic E-state index is 0.216. The van der Waals surface area contributed by atoms with Crippen LogP contribution in [0.15, 0.2) is 42.0 Å². The molecular formula is C17H14FN5O2S+2. The van der Waals surface area contributed by atoms with Crippen LogP contribution in [-0.2, 0) is 4.79 Å². The molecule has 3 aromatic rings. The van der Waals surface area contributed by atoms with Gasteiger partial charge in [0, 0.05) is 6.92 Å². The van der Waals surface area contributed by atoms with Gasteiger partial charge in [-0.2, -0.15) is 4.58 Å². The van der Waals surface area contributed by atoms with Crippen molar-refractivity contribution in [2.45, 2.75) is 6.92 Å². The average molecular weight is 371 g/mol. The Morgan fingerprint density at radius 3 is 2.69 bits per heavy atom. The number of aromatic amines is 1. The first kappa shape index (κ1) is 17.5. The van der Waals surface area contributed by atoms with Crippen molar-refractivity contribution in [1.82, 2.24) is 9.97 Å². The smallest absolute Gasteiger partial charge is 0.257 e. The maximum absolute atomic E-state index is 13.0. The lowest BCUT2D eigenvalue weighted by Crippen LogP contribution is -2.17. The van der Waals surface area contributed by atoms with Gasteiger partial charge in [-0.3, -0.25) is 4.79 Å². The molecule has 0 atom stereocenters. The summed E-state index contributed by atoms with van der Waals surface area (Å²) < 4.78 is 14.1. The van der Waals surface area contributed by atoms with Crippen molar-refractivity contribution < 1.29 is 23.5 Å². The molecule has 0 aliphatic heterocycles. The maximum atomic E-state index is 13.0. The summed E-state index contributed by atoms with van der Waals surface area (Å²) in [6.45, 7) is 5.12. The van der Waals surface area contributed by atoms with E-state index in [1.54, 1.807) is 11.4 Å². The van der Waals surface area contributed by atoms with E-state index in [2.05, 4.69) is 27.0 Å². The van der Waals surface area contributed by atoms with Gasteiger partial charge >= 0.3 is 11.0 Å². The fourth-order valence-electron chi connectivity index (χ4n) is 2.13. The van der Waals surface area contributed by atoms with Gasteiger partial charge in [0.25, 0.3) is 5.91 Å². The molecule has 130 valence electrons. The predicted molar refractivity (Wildman–Crippen MR) is 94.0 cm³/mol. The molecule has 0 fully saturated rings. The molecule has 0 bridgehead atoms. The van der Waals surface area contributed by atoms with Crippen molar-refractivity contribution >= 4 is 40.8 Å². The van der Waals surface area contributed by atoms with E-state index in [1.807, 2.05) is 0 Å². The summed E-state index contributed by atoms with van der Waals surface area (Å²) in [4.78, 5) is 34.9. The second kappa shape index (κ2) is 7.28. The quantitative estimate of drug-likeness (QED) is 0.563. The van der Waals surface area contributed by atoms with Crippen molar-refractivity contribution in [3.8, 4) is 11.4 Å². The van der Waals surface area contributed by atoms with Crippen molar-refractivity contribution in [1.29, 1.82) is 0 Å².